The molecule has 3 N–H and O–H groups in total. The van der Waals surface area contributed by atoms with E-state index in [2.05, 4.69) is 44.2 Å². The van der Waals surface area contributed by atoms with Gasteiger partial charge >= 0.3 is 0 Å². The number of nitrogens with two attached hydrogens (primary N) is 1. The molecule has 0 bridgehead atoms. The van der Waals surface area contributed by atoms with E-state index >= 15 is 0 Å². The van der Waals surface area contributed by atoms with Crippen molar-refractivity contribution in [3.63, 3.8) is 0 Å². The summed E-state index contributed by atoms with van der Waals surface area (Å²) in [6, 6.07) is 8.55. The van der Waals surface area contributed by atoms with Gasteiger partial charge in [-0.05, 0) is 24.0 Å². The first-order chi connectivity index (χ1) is 9.31. The largest absolute Gasteiger partial charge is 0.382 e. The SMILES string of the molecule is Nc1ncnc2nc(C3Cc4ccccc4C3)[nH]c12. The zero-order valence-corrected chi connectivity index (χ0v) is 10.3. The van der Waals surface area contributed by atoms with E-state index in [9.17, 15) is 0 Å². The molecule has 4 rings (SSSR count). The lowest BCUT2D eigenvalue weighted by Crippen LogP contribution is -2.00. The number of imidazole rings is 1. The molecule has 94 valence electrons. The van der Waals surface area contributed by atoms with E-state index in [0.29, 0.717) is 17.4 Å². The van der Waals surface area contributed by atoms with Crippen LogP contribution in [-0.4, -0.2) is 19.9 Å². The third-order valence-electron chi connectivity index (χ3n) is 3.77. The van der Waals surface area contributed by atoms with Crippen molar-refractivity contribution in [2.75, 3.05) is 5.73 Å². The fraction of sp³-hybridized carbons (Fsp3) is 0.214. The number of hydrogen-bond acceptors (Lipinski definition) is 4. The van der Waals surface area contributed by atoms with Gasteiger partial charge in [0.05, 0.1) is 0 Å². The number of hydrogen-bond donors (Lipinski definition) is 2. The van der Waals surface area contributed by atoms with Gasteiger partial charge in [0, 0.05) is 5.92 Å². The summed E-state index contributed by atoms with van der Waals surface area (Å²) in [5, 5.41) is 0. The predicted octanol–water partition coefficient (Wildman–Crippen LogP) is 1.82. The summed E-state index contributed by atoms with van der Waals surface area (Å²) in [5.74, 6) is 1.80. The van der Waals surface area contributed by atoms with Gasteiger partial charge in [0.25, 0.3) is 0 Å². The quantitative estimate of drug-likeness (QED) is 0.691. The number of nitrogens with zero attached hydrogens (tertiary/aromatic N) is 3. The van der Waals surface area contributed by atoms with Crippen molar-refractivity contribution in [2.45, 2.75) is 18.8 Å². The highest BCUT2D eigenvalue weighted by Crippen LogP contribution is 2.33. The minimum absolute atomic E-state index is 0.381. The molecule has 0 unspecified atom stereocenters. The highest BCUT2D eigenvalue weighted by Gasteiger charge is 2.25. The lowest BCUT2D eigenvalue weighted by atomic mass is 10.1. The van der Waals surface area contributed by atoms with E-state index in [0.717, 1.165) is 24.2 Å². The van der Waals surface area contributed by atoms with Crippen LogP contribution in [0, 0.1) is 0 Å². The molecule has 0 fully saturated rings. The van der Waals surface area contributed by atoms with E-state index in [4.69, 9.17) is 5.73 Å². The molecule has 5 heteroatoms. The second kappa shape index (κ2) is 3.78. The molecule has 2 heterocycles. The van der Waals surface area contributed by atoms with E-state index in [-0.39, 0.29) is 0 Å². The van der Waals surface area contributed by atoms with Crippen molar-refractivity contribution in [2.24, 2.45) is 0 Å². The molecule has 1 aromatic carbocycles. The molecule has 2 aromatic heterocycles. The molecule has 3 aromatic rings. The number of nitrogen functional groups attached to an aromatic ring is 1. The third kappa shape index (κ3) is 1.58. The maximum atomic E-state index is 5.83. The summed E-state index contributed by atoms with van der Waals surface area (Å²) in [5.41, 5.74) is 10.0. The Morgan fingerprint density at radius 3 is 2.53 bits per heavy atom. The molecule has 0 saturated carbocycles. The summed E-state index contributed by atoms with van der Waals surface area (Å²) < 4.78 is 0. The maximum absolute atomic E-state index is 5.83. The van der Waals surface area contributed by atoms with Gasteiger partial charge in [0.15, 0.2) is 11.5 Å². The van der Waals surface area contributed by atoms with Crippen LogP contribution in [0.3, 0.4) is 0 Å². The van der Waals surface area contributed by atoms with Crippen LogP contribution in [0.25, 0.3) is 11.2 Å². The van der Waals surface area contributed by atoms with Gasteiger partial charge in [-0.2, -0.15) is 0 Å². The third-order valence-corrected chi connectivity index (χ3v) is 3.77. The minimum atomic E-state index is 0.381. The number of H-pyrrole nitrogens is 1. The van der Waals surface area contributed by atoms with Crippen LogP contribution in [0.1, 0.15) is 22.9 Å². The van der Waals surface area contributed by atoms with Gasteiger partial charge in [-0.15, -0.1) is 0 Å². The topological polar surface area (TPSA) is 80.5 Å². The van der Waals surface area contributed by atoms with Gasteiger partial charge < -0.3 is 10.7 Å². The van der Waals surface area contributed by atoms with Crippen molar-refractivity contribution in [3.8, 4) is 0 Å². The highest BCUT2D eigenvalue weighted by atomic mass is 15.0. The van der Waals surface area contributed by atoms with E-state index in [1.165, 1.54) is 17.5 Å². The van der Waals surface area contributed by atoms with Crippen LogP contribution in [0.5, 0.6) is 0 Å². The number of anilines is 1. The zero-order chi connectivity index (χ0) is 12.8. The molecule has 0 radical (unpaired) electrons. The Hall–Kier alpha value is -2.43. The molecule has 5 nitrogen and oxygen atoms in total. The number of aromatic nitrogens is 4. The average Bonchev–Trinajstić information content (AvgIpc) is 3.02. The van der Waals surface area contributed by atoms with Gasteiger partial charge in [0.1, 0.15) is 17.7 Å². The number of rotatable bonds is 1. The fourth-order valence-electron chi connectivity index (χ4n) is 2.81. The van der Waals surface area contributed by atoms with E-state index in [1.807, 2.05) is 0 Å². The van der Waals surface area contributed by atoms with Crippen LogP contribution in [0.15, 0.2) is 30.6 Å². The summed E-state index contributed by atoms with van der Waals surface area (Å²) in [6.45, 7) is 0. The highest BCUT2D eigenvalue weighted by molar-refractivity contribution is 5.81. The lowest BCUT2D eigenvalue weighted by molar-refractivity contribution is 0.696. The van der Waals surface area contributed by atoms with Crippen molar-refractivity contribution >= 4 is 17.0 Å². The second-order valence-corrected chi connectivity index (χ2v) is 4.95. The van der Waals surface area contributed by atoms with Gasteiger partial charge in [0.2, 0.25) is 0 Å². The number of aromatic amines is 1. The Morgan fingerprint density at radius 1 is 1.11 bits per heavy atom. The lowest BCUT2D eigenvalue weighted by Gasteiger charge is -2.03. The smallest absolute Gasteiger partial charge is 0.183 e. The molecular weight excluding hydrogens is 238 g/mol. The van der Waals surface area contributed by atoms with Crippen molar-refractivity contribution in [1.82, 2.24) is 19.9 Å². The first kappa shape index (κ1) is 10.5. The van der Waals surface area contributed by atoms with Crippen LogP contribution in [0.4, 0.5) is 5.82 Å². The van der Waals surface area contributed by atoms with Crippen molar-refractivity contribution in [1.29, 1.82) is 0 Å². The molecule has 1 aliphatic rings. The van der Waals surface area contributed by atoms with Crippen molar-refractivity contribution < 1.29 is 0 Å². The maximum Gasteiger partial charge on any atom is 0.183 e. The number of fused-ring (bicyclic) bond motifs is 2. The van der Waals surface area contributed by atoms with Crippen molar-refractivity contribution in [3.05, 3.63) is 47.5 Å². The Kier molecular flexibility index (Phi) is 2.09. The Labute approximate surface area is 109 Å². The van der Waals surface area contributed by atoms with Crippen LogP contribution in [-0.2, 0) is 12.8 Å². The summed E-state index contributed by atoms with van der Waals surface area (Å²) in [4.78, 5) is 16.0. The predicted molar refractivity (Wildman–Crippen MR) is 72.7 cm³/mol. The standard InChI is InChI=1S/C14H13N5/c15-12-11-14(17-7-16-12)19-13(18-11)10-5-8-3-1-2-4-9(8)6-10/h1-4,7,10H,5-6H2,(H3,15,16,17,18,19). The minimum Gasteiger partial charge on any atom is -0.382 e. The fourth-order valence-corrected chi connectivity index (χ4v) is 2.81. The molecule has 19 heavy (non-hydrogen) atoms. The van der Waals surface area contributed by atoms with E-state index < -0.39 is 0 Å². The van der Waals surface area contributed by atoms with Crippen LogP contribution in [0.2, 0.25) is 0 Å². The van der Waals surface area contributed by atoms with E-state index in [1.54, 1.807) is 0 Å². The van der Waals surface area contributed by atoms with Crippen LogP contribution >= 0.6 is 0 Å². The molecule has 1 aliphatic carbocycles. The first-order valence-electron chi connectivity index (χ1n) is 6.34. The first-order valence-corrected chi connectivity index (χ1v) is 6.34. The molecule has 0 amide bonds. The van der Waals surface area contributed by atoms with Gasteiger partial charge in [-0.25, -0.2) is 15.0 Å². The summed E-state index contributed by atoms with van der Waals surface area (Å²) in [6.07, 6.45) is 3.48. The van der Waals surface area contributed by atoms with Gasteiger partial charge in [-0.3, -0.25) is 0 Å². The Balaban J connectivity index is 1.75. The summed E-state index contributed by atoms with van der Waals surface area (Å²) >= 11 is 0. The average molecular weight is 251 g/mol. The molecule has 0 saturated heterocycles. The summed E-state index contributed by atoms with van der Waals surface area (Å²) in [7, 11) is 0. The second-order valence-electron chi connectivity index (χ2n) is 4.95. The number of benzene rings is 1. The monoisotopic (exact) mass is 251 g/mol. The van der Waals surface area contributed by atoms with Crippen LogP contribution < -0.4 is 5.73 Å². The Bertz CT molecular complexity index is 736. The molecule has 0 spiro atoms. The normalized spacial score (nSPS) is 14.9. The Morgan fingerprint density at radius 2 is 1.84 bits per heavy atom. The molecular formula is C14H13N5. The number of nitrogens with one attached hydrogen (secondary N) is 1. The molecule has 0 atom stereocenters. The van der Waals surface area contributed by atoms with Gasteiger partial charge in [-0.1, -0.05) is 24.3 Å². The zero-order valence-electron chi connectivity index (χ0n) is 10.3. The molecule has 0 aliphatic heterocycles.